The molecule has 0 spiro atoms. The Kier molecular flexibility index (Phi) is 4.10. The largest absolute Gasteiger partial charge is 0.304 e. The number of amides is 1. The third-order valence-electron chi connectivity index (χ3n) is 4.32. The van der Waals surface area contributed by atoms with Crippen molar-refractivity contribution in [2.45, 2.75) is 26.2 Å². The van der Waals surface area contributed by atoms with E-state index in [1.807, 2.05) is 5.01 Å². The van der Waals surface area contributed by atoms with Crippen LogP contribution in [0.5, 0.6) is 0 Å². The zero-order valence-electron chi connectivity index (χ0n) is 12.3. The van der Waals surface area contributed by atoms with Gasteiger partial charge in [-0.05, 0) is 43.9 Å². The fourth-order valence-electron chi connectivity index (χ4n) is 2.93. The highest BCUT2D eigenvalue weighted by molar-refractivity contribution is 7.14. The van der Waals surface area contributed by atoms with Crippen molar-refractivity contribution in [3.63, 3.8) is 0 Å². The minimum atomic E-state index is 0.0709. The van der Waals surface area contributed by atoms with E-state index in [1.165, 1.54) is 16.9 Å². The van der Waals surface area contributed by atoms with Crippen LogP contribution >= 0.6 is 11.3 Å². The lowest BCUT2D eigenvalue weighted by molar-refractivity contribution is 0.0666. The summed E-state index contributed by atoms with van der Waals surface area (Å²) in [6.07, 6.45) is 3.53. The molecule has 0 radical (unpaired) electrons. The van der Waals surface area contributed by atoms with E-state index >= 15 is 0 Å². The summed E-state index contributed by atoms with van der Waals surface area (Å²) in [4.78, 5) is 16.9. The lowest BCUT2D eigenvalue weighted by Crippen LogP contribution is -2.52. The van der Waals surface area contributed by atoms with Crippen molar-refractivity contribution in [3.05, 3.63) is 21.4 Å². The summed E-state index contributed by atoms with van der Waals surface area (Å²) in [5, 5.41) is 2.05. The molecule has 1 aliphatic carbocycles. The summed E-state index contributed by atoms with van der Waals surface area (Å²) in [7, 11) is 2.12. The molecule has 4 nitrogen and oxygen atoms in total. The summed E-state index contributed by atoms with van der Waals surface area (Å²) in [5.74, 6) is 0.826. The summed E-state index contributed by atoms with van der Waals surface area (Å²) < 4.78 is 0. The smallest absolute Gasteiger partial charge is 0.275 e. The molecule has 0 unspecified atom stereocenters. The third kappa shape index (κ3) is 3.05. The number of hydrazine groups is 1. The maximum atomic E-state index is 12.3. The number of nitrogens with zero attached hydrogens (tertiary/aromatic N) is 2. The van der Waals surface area contributed by atoms with Gasteiger partial charge in [-0.2, -0.15) is 0 Å². The standard InChI is InChI=1S/C15H23N3OS/c1-11-3-4-13-12(9-11)10-14(20-13)15(19)16-18-7-5-17(2)6-8-18/h10-11H,3-9H2,1-2H3,(H,16,19)/t11-/m1/s1. The number of hydrogen-bond donors (Lipinski definition) is 1. The molecule has 1 fully saturated rings. The van der Waals surface area contributed by atoms with E-state index in [1.54, 1.807) is 11.3 Å². The third-order valence-corrected chi connectivity index (χ3v) is 5.55. The Morgan fingerprint density at radius 2 is 2.10 bits per heavy atom. The molecule has 0 saturated carbocycles. The molecule has 0 aromatic carbocycles. The van der Waals surface area contributed by atoms with Gasteiger partial charge in [0.1, 0.15) is 0 Å². The number of likely N-dealkylation sites (N-methyl/N-ethyl adjacent to an activating group) is 1. The van der Waals surface area contributed by atoms with Gasteiger partial charge in [0.05, 0.1) is 4.88 Å². The van der Waals surface area contributed by atoms with Gasteiger partial charge in [0.25, 0.3) is 5.91 Å². The Labute approximate surface area is 124 Å². The molecular formula is C15H23N3OS. The molecule has 1 atom stereocenters. The highest BCUT2D eigenvalue weighted by Crippen LogP contribution is 2.32. The predicted molar refractivity (Wildman–Crippen MR) is 82.0 cm³/mol. The first-order chi connectivity index (χ1) is 9.61. The monoisotopic (exact) mass is 293 g/mol. The molecule has 3 rings (SSSR count). The van der Waals surface area contributed by atoms with Gasteiger partial charge in [0.2, 0.25) is 0 Å². The highest BCUT2D eigenvalue weighted by atomic mass is 32.1. The average molecular weight is 293 g/mol. The van der Waals surface area contributed by atoms with Gasteiger partial charge in [-0.3, -0.25) is 10.2 Å². The molecule has 1 N–H and O–H groups in total. The second-order valence-electron chi connectivity index (χ2n) is 6.14. The van der Waals surface area contributed by atoms with Crippen LogP contribution in [0.15, 0.2) is 6.07 Å². The van der Waals surface area contributed by atoms with Crippen molar-refractivity contribution < 1.29 is 4.79 Å². The van der Waals surface area contributed by atoms with Crippen LogP contribution in [0.25, 0.3) is 0 Å². The normalized spacial score (nSPS) is 24.4. The van der Waals surface area contributed by atoms with Gasteiger partial charge in [-0.1, -0.05) is 6.92 Å². The van der Waals surface area contributed by atoms with E-state index in [2.05, 4.69) is 30.4 Å². The van der Waals surface area contributed by atoms with Gasteiger partial charge in [0.15, 0.2) is 0 Å². The maximum absolute atomic E-state index is 12.3. The first kappa shape index (κ1) is 14.0. The average Bonchev–Trinajstić information content (AvgIpc) is 2.84. The Hall–Kier alpha value is -0.910. The number of rotatable bonds is 2. The van der Waals surface area contributed by atoms with Crippen LogP contribution in [0.1, 0.15) is 33.5 Å². The minimum absolute atomic E-state index is 0.0709. The van der Waals surface area contributed by atoms with Gasteiger partial charge in [-0.25, -0.2) is 5.01 Å². The molecule has 1 aromatic rings. The number of nitrogens with one attached hydrogen (secondary N) is 1. The van der Waals surface area contributed by atoms with Crippen LogP contribution in [0.3, 0.4) is 0 Å². The Morgan fingerprint density at radius 1 is 1.35 bits per heavy atom. The van der Waals surface area contributed by atoms with Crippen LogP contribution in [0.4, 0.5) is 0 Å². The molecule has 1 saturated heterocycles. The second-order valence-corrected chi connectivity index (χ2v) is 7.28. The molecule has 1 aromatic heterocycles. The molecule has 0 bridgehead atoms. The van der Waals surface area contributed by atoms with Crippen molar-refractivity contribution >= 4 is 17.2 Å². The van der Waals surface area contributed by atoms with Crippen LogP contribution in [0, 0.1) is 5.92 Å². The Balaban J connectivity index is 1.63. The Morgan fingerprint density at radius 3 is 2.85 bits per heavy atom. The van der Waals surface area contributed by atoms with Crippen molar-refractivity contribution in [3.8, 4) is 0 Å². The van der Waals surface area contributed by atoms with Crippen LogP contribution in [0.2, 0.25) is 0 Å². The molecule has 2 heterocycles. The van der Waals surface area contributed by atoms with Crippen LogP contribution in [-0.4, -0.2) is 49.0 Å². The van der Waals surface area contributed by atoms with Crippen LogP contribution < -0.4 is 5.43 Å². The van der Waals surface area contributed by atoms with Gasteiger partial charge in [0, 0.05) is 31.1 Å². The molecule has 20 heavy (non-hydrogen) atoms. The first-order valence-corrected chi connectivity index (χ1v) is 8.29. The maximum Gasteiger partial charge on any atom is 0.275 e. The summed E-state index contributed by atoms with van der Waals surface area (Å²) >= 11 is 1.69. The van der Waals surface area contributed by atoms with Crippen molar-refractivity contribution in [2.24, 2.45) is 5.92 Å². The molecule has 1 aliphatic heterocycles. The topological polar surface area (TPSA) is 35.6 Å². The van der Waals surface area contributed by atoms with E-state index in [0.717, 1.165) is 49.8 Å². The second kappa shape index (κ2) is 5.84. The fourth-order valence-corrected chi connectivity index (χ4v) is 4.03. The number of carbonyl (C=O) groups is 1. The van der Waals surface area contributed by atoms with Crippen molar-refractivity contribution in [1.29, 1.82) is 0 Å². The van der Waals surface area contributed by atoms with Crippen molar-refractivity contribution in [2.75, 3.05) is 33.2 Å². The number of aryl methyl sites for hydroxylation is 1. The van der Waals surface area contributed by atoms with Gasteiger partial charge in [-0.15, -0.1) is 11.3 Å². The van der Waals surface area contributed by atoms with Gasteiger partial charge >= 0.3 is 0 Å². The predicted octanol–water partition coefficient (Wildman–Crippen LogP) is 1.77. The highest BCUT2D eigenvalue weighted by Gasteiger charge is 2.22. The number of piperazine rings is 1. The molecule has 1 amide bonds. The first-order valence-electron chi connectivity index (χ1n) is 7.48. The zero-order valence-corrected chi connectivity index (χ0v) is 13.1. The van der Waals surface area contributed by atoms with E-state index in [0.29, 0.717) is 0 Å². The number of fused-ring (bicyclic) bond motifs is 1. The number of thiophene rings is 1. The summed E-state index contributed by atoms with van der Waals surface area (Å²) in [6.45, 7) is 6.14. The zero-order chi connectivity index (χ0) is 14.1. The molecule has 5 heteroatoms. The summed E-state index contributed by atoms with van der Waals surface area (Å²) in [6, 6.07) is 2.11. The summed E-state index contributed by atoms with van der Waals surface area (Å²) in [5.41, 5.74) is 4.45. The molecule has 2 aliphatic rings. The van der Waals surface area contributed by atoms with E-state index < -0.39 is 0 Å². The van der Waals surface area contributed by atoms with E-state index in [9.17, 15) is 4.79 Å². The fraction of sp³-hybridized carbons (Fsp3) is 0.667. The number of hydrogen-bond acceptors (Lipinski definition) is 4. The molecular weight excluding hydrogens is 270 g/mol. The SMILES string of the molecule is C[C@@H]1CCc2sc(C(=O)NN3CCN(C)CC3)cc2C1. The van der Waals surface area contributed by atoms with Crippen LogP contribution in [-0.2, 0) is 12.8 Å². The van der Waals surface area contributed by atoms with E-state index in [4.69, 9.17) is 0 Å². The molecule has 110 valence electrons. The number of carbonyl (C=O) groups excluding carboxylic acids is 1. The Bertz CT molecular complexity index is 491. The van der Waals surface area contributed by atoms with E-state index in [-0.39, 0.29) is 5.91 Å². The van der Waals surface area contributed by atoms with Gasteiger partial charge < -0.3 is 4.90 Å². The lowest BCUT2D eigenvalue weighted by atomic mass is 9.90. The van der Waals surface area contributed by atoms with Crippen molar-refractivity contribution in [1.82, 2.24) is 15.3 Å². The quantitative estimate of drug-likeness (QED) is 0.902. The minimum Gasteiger partial charge on any atom is -0.304 e. The lowest BCUT2D eigenvalue weighted by Gasteiger charge is -2.32.